The van der Waals surface area contributed by atoms with Crippen LogP contribution in [0.15, 0.2) is 18.2 Å². The molecule has 0 aliphatic rings. The molecule has 2 rings (SSSR count). The molecule has 1 heterocycles. The predicted octanol–water partition coefficient (Wildman–Crippen LogP) is 1.99. The molecule has 0 aliphatic heterocycles. The number of rotatable bonds is 3. The molecule has 0 bridgehead atoms. The van der Waals surface area contributed by atoms with Gasteiger partial charge >= 0.3 is 5.97 Å². The Labute approximate surface area is 100 Å². The third-order valence-electron chi connectivity index (χ3n) is 3.01. The van der Waals surface area contributed by atoms with Crippen LogP contribution in [0.3, 0.4) is 0 Å². The van der Waals surface area contributed by atoms with E-state index in [9.17, 15) is 4.79 Å². The van der Waals surface area contributed by atoms with E-state index < -0.39 is 0 Å². The third-order valence-corrected chi connectivity index (χ3v) is 3.01. The first-order valence-electron chi connectivity index (χ1n) is 5.60. The Morgan fingerprint density at radius 2 is 2.24 bits per heavy atom. The van der Waals surface area contributed by atoms with E-state index in [0.29, 0.717) is 12.8 Å². The van der Waals surface area contributed by atoms with Crippen molar-refractivity contribution >= 4 is 17.0 Å². The lowest BCUT2D eigenvalue weighted by atomic mass is 10.1. The highest BCUT2D eigenvalue weighted by molar-refractivity contribution is 5.77. The second kappa shape index (κ2) is 4.57. The molecule has 17 heavy (non-hydrogen) atoms. The molecule has 0 saturated heterocycles. The summed E-state index contributed by atoms with van der Waals surface area (Å²) in [7, 11) is 3.41. The van der Waals surface area contributed by atoms with Crippen LogP contribution in [0.5, 0.6) is 0 Å². The Kier molecular flexibility index (Phi) is 3.13. The summed E-state index contributed by atoms with van der Waals surface area (Å²) in [6, 6.07) is 6.11. The maximum atomic E-state index is 11.1. The number of imidazole rings is 1. The van der Waals surface area contributed by atoms with Crippen molar-refractivity contribution in [3.63, 3.8) is 0 Å². The van der Waals surface area contributed by atoms with Gasteiger partial charge in [0, 0.05) is 13.5 Å². The van der Waals surface area contributed by atoms with Gasteiger partial charge in [0.25, 0.3) is 0 Å². The minimum absolute atomic E-state index is 0.178. The Morgan fingerprint density at radius 3 is 2.94 bits per heavy atom. The quantitative estimate of drug-likeness (QED) is 0.760. The molecule has 4 heteroatoms. The molecule has 90 valence electrons. The van der Waals surface area contributed by atoms with Gasteiger partial charge in [-0.25, -0.2) is 4.98 Å². The van der Waals surface area contributed by atoms with Crippen LogP contribution in [-0.4, -0.2) is 22.6 Å². The minimum atomic E-state index is -0.178. The zero-order valence-corrected chi connectivity index (χ0v) is 10.4. The van der Waals surface area contributed by atoms with Crippen molar-refractivity contribution in [2.45, 2.75) is 19.8 Å². The molecule has 0 N–H and O–H groups in total. The van der Waals surface area contributed by atoms with E-state index in [1.54, 1.807) is 0 Å². The Bertz CT molecular complexity index is 558. The van der Waals surface area contributed by atoms with Crippen molar-refractivity contribution in [3.05, 3.63) is 29.6 Å². The molecular weight excluding hydrogens is 216 g/mol. The average Bonchev–Trinajstić information content (AvgIpc) is 2.62. The lowest BCUT2D eigenvalue weighted by Gasteiger charge is -2.01. The first-order valence-corrected chi connectivity index (χ1v) is 5.60. The number of hydrogen-bond donors (Lipinski definition) is 0. The molecule has 0 saturated carbocycles. The van der Waals surface area contributed by atoms with Gasteiger partial charge in [0.1, 0.15) is 5.82 Å². The molecule has 2 aromatic rings. The largest absolute Gasteiger partial charge is 0.469 e. The van der Waals surface area contributed by atoms with Gasteiger partial charge in [-0.3, -0.25) is 4.79 Å². The summed E-state index contributed by atoms with van der Waals surface area (Å²) in [4.78, 5) is 15.5. The number of carbonyl (C=O) groups excluding carboxylic acids is 1. The lowest BCUT2D eigenvalue weighted by Crippen LogP contribution is -2.01. The highest BCUT2D eigenvalue weighted by Gasteiger charge is 2.06. The minimum Gasteiger partial charge on any atom is -0.469 e. The second-order valence-corrected chi connectivity index (χ2v) is 4.12. The van der Waals surface area contributed by atoms with E-state index >= 15 is 0 Å². The van der Waals surface area contributed by atoms with E-state index in [-0.39, 0.29) is 5.97 Å². The maximum absolute atomic E-state index is 11.1. The van der Waals surface area contributed by atoms with Gasteiger partial charge in [-0.15, -0.1) is 0 Å². The highest BCUT2D eigenvalue weighted by Crippen LogP contribution is 2.17. The molecule has 1 aromatic carbocycles. The fraction of sp³-hybridized carbons (Fsp3) is 0.385. The molecule has 0 aliphatic carbocycles. The standard InChI is InChI=1S/C13H16N2O2/c1-9-14-11-8-10(5-7-13(16)17-3)4-6-12(11)15(9)2/h4,6,8H,5,7H2,1-3H3. The summed E-state index contributed by atoms with van der Waals surface area (Å²) in [6.07, 6.45) is 1.10. The van der Waals surface area contributed by atoms with Crippen LogP contribution >= 0.6 is 0 Å². The maximum Gasteiger partial charge on any atom is 0.305 e. The van der Waals surface area contributed by atoms with Crippen LogP contribution in [0.2, 0.25) is 0 Å². The van der Waals surface area contributed by atoms with Gasteiger partial charge in [0.05, 0.1) is 18.1 Å². The van der Waals surface area contributed by atoms with E-state index in [0.717, 1.165) is 22.4 Å². The van der Waals surface area contributed by atoms with Crippen molar-refractivity contribution < 1.29 is 9.53 Å². The topological polar surface area (TPSA) is 44.1 Å². The number of nitrogens with zero attached hydrogens (tertiary/aromatic N) is 2. The Morgan fingerprint density at radius 1 is 1.47 bits per heavy atom. The van der Waals surface area contributed by atoms with Gasteiger partial charge in [-0.2, -0.15) is 0 Å². The van der Waals surface area contributed by atoms with Crippen molar-refractivity contribution in [2.75, 3.05) is 7.11 Å². The predicted molar refractivity (Wildman–Crippen MR) is 65.8 cm³/mol. The summed E-state index contributed by atoms with van der Waals surface area (Å²) in [5, 5.41) is 0. The van der Waals surface area contributed by atoms with E-state index in [1.165, 1.54) is 7.11 Å². The second-order valence-electron chi connectivity index (χ2n) is 4.12. The summed E-state index contributed by atoms with van der Waals surface area (Å²) >= 11 is 0. The van der Waals surface area contributed by atoms with Crippen molar-refractivity contribution in [1.29, 1.82) is 0 Å². The summed E-state index contributed by atoms with van der Waals surface area (Å²) in [5.74, 6) is 0.812. The van der Waals surface area contributed by atoms with Crippen LogP contribution in [0.4, 0.5) is 0 Å². The molecule has 1 aromatic heterocycles. The number of fused-ring (bicyclic) bond motifs is 1. The highest BCUT2D eigenvalue weighted by atomic mass is 16.5. The SMILES string of the molecule is COC(=O)CCc1ccc2c(c1)nc(C)n2C. The smallest absolute Gasteiger partial charge is 0.305 e. The first kappa shape index (κ1) is 11.6. The number of hydrogen-bond acceptors (Lipinski definition) is 3. The number of aromatic nitrogens is 2. The van der Waals surface area contributed by atoms with E-state index in [2.05, 4.69) is 14.3 Å². The Hall–Kier alpha value is -1.84. The molecular formula is C13H16N2O2. The van der Waals surface area contributed by atoms with E-state index in [4.69, 9.17) is 0 Å². The fourth-order valence-corrected chi connectivity index (χ4v) is 1.87. The molecule has 0 spiro atoms. The lowest BCUT2D eigenvalue weighted by molar-refractivity contribution is -0.140. The third kappa shape index (κ3) is 2.30. The van der Waals surface area contributed by atoms with Gasteiger partial charge < -0.3 is 9.30 Å². The van der Waals surface area contributed by atoms with Gasteiger partial charge in [-0.1, -0.05) is 6.07 Å². The van der Waals surface area contributed by atoms with E-state index in [1.807, 2.05) is 32.2 Å². The van der Waals surface area contributed by atoms with Gasteiger partial charge in [0.2, 0.25) is 0 Å². The van der Waals surface area contributed by atoms with Crippen LogP contribution in [0, 0.1) is 6.92 Å². The number of aryl methyl sites for hydroxylation is 3. The average molecular weight is 232 g/mol. The van der Waals surface area contributed by atoms with Crippen LogP contribution in [-0.2, 0) is 23.0 Å². The summed E-state index contributed by atoms with van der Waals surface area (Å²) < 4.78 is 6.68. The van der Waals surface area contributed by atoms with Crippen molar-refractivity contribution in [3.8, 4) is 0 Å². The fourth-order valence-electron chi connectivity index (χ4n) is 1.87. The summed E-state index contributed by atoms with van der Waals surface area (Å²) in [5.41, 5.74) is 3.21. The normalized spacial score (nSPS) is 10.8. The van der Waals surface area contributed by atoms with Crippen LogP contribution < -0.4 is 0 Å². The van der Waals surface area contributed by atoms with Crippen molar-refractivity contribution in [1.82, 2.24) is 9.55 Å². The zero-order chi connectivity index (χ0) is 12.4. The van der Waals surface area contributed by atoms with Crippen molar-refractivity contribution in [2.24, 2.45) is 7.05 Å². The van der Waals surface area contributed by atoms with Gasteiger partial charge in [0.15, 0.2) is 0 Å². The number of methoxy groups -OCH3 is 1. The number of ether oxygens (including phenoxy) is 1. The van der Waals surface area contributed by atoms with Crippen LogP contribution in [0.25, 0.3) is 11.0 Å². The molecule has 4 nitrogen and oxygen atoms in total. The molecule has 0 radical (unpaired) electrons. The molecule has 0 atom stereocenters. The monoisotopic (exact) mass is 232 g/mol. The number of benzene rings is 1. The number of carbonyl (C=O) groups is 1. The van der Waals surface area contributed by atoms with Crippen LogP contribution in [0.1, 0.15) is 17.8 Å². The molecule has 0 amide bonds. The Balaban J connectivity index is 2.23. The first-order chi connectivity index (χ1) is 8.11. The van der Waals surface area contributed by atoms with Gasteiger partial charge in [-0.05, 0) is 31.0 Å². The zero-order valence-electron chi connectivity index (χ0n) is 10.4. The summed E-state index contributed by atoms with van der Waals surface area (Å²) in [6.45, 7) is 1.98. The molecule has 0 unspecified atom stereocenters. The molecule has 0 fully saturated rings. The number of esters is 1.